The van der Waals surface area contributed by atoms with Gasteiger partial charge < -0.3 is 10.1 Å². The first-order chi connectivity index (χ1) is 9.30. The second-order valence-corrected chi connectivity index (χ2v) is 6.55. The maximum atomic E-state index is 12.1. The van der Waals surface area contributed by atoms with Gasteiger partial charge in [0.05, 0.1) is 7.11 Å². The Labute approximate surface area is 126 Å². The first kappa shape index (κ1) is 14.8. The third-order valence-electron chi connectivity index (χ3n) is 2.73. The van der Waals surface area contributed by atoms with Crippen LogP contribution in [0.25, 0.3) is 0 Å². The van der Waals surface area contributed by atoms with Gasteiger partial charge in [0.25, 0.3) is 5.91 Å². The van der Waals surface area contributed by atoms with E-state index in [2.05, 4.69) is 31.6 Å². The smallest absolute Gasteiger partial charge is 0.256 e. The van der Waals surface area contributed by atoms with E-state index in [-0.39, 0.29) is 11.4 Å². The van der Waals surface area contributed by atoms with Crippen molar-refractivity contribution >= 4 is 27.8 Å². The summed E-state index contributed by atoms with van der Waals surface area (Å²) in [6.07, 6.45) is 0. The van der Waals surface area contributed by atoms with Crippen LogP contribution >= 0.6 is 15.9 Å². The summed E-state index contributed by atoms with van der Waals surface area (Å²) in [5, 5.41) is 5.92. The van der Waals surface area contributed by atoms with Gasteiger partial charge in [-0.3, -0.25) is 10.1 Å². The molecule has 20 heavy (non-hydrogen) atoms. The van der Waals surface area contributed by atoms with Crippen molar-refractivity contribution in [3.63, 3.8) is 0 Å². The maximum absolute atomic E-state index is 12.1. The summed E-state index contributed by atoms with van der Waals surface area (Å²) in [4.78, 5) is 16.5. The number of amides is 1. The Balaban J connectivity index is 2.33. The van der Waals surface area contributed by atoms with E-state index >= 15 is 0 Å². The van der Waals surface area contributed by atoms with Crippen LogP contribution in [0.3, 0.4) is 0 Å². The molecule has 0 saturated carbocycles. The van der Waals surface area contributed by atoms with Crippen molar-refractivity contribution in [2.45, 2.75) is 32.4 Å². The molecular weight excluding hydrogens is 322 g/mol. The SMILES string of the molecule is COc1ccc(Br)cc1C1N=C(NC(C)(C)C)NC1=O. The molecule has 1 aliphatic heterocycles. The topological polar surface area (TPSA) is 62.7 Å². The van der Waals surface area contributed by atoms with Gasteiger partial charge in [-0.15, -0.1) is 0 Å². The number of halogens is 1. The molecule has 0 bridgehead atoms. The second-order valence-electron chi connectivity index (χ2n) is 5.63. The highest BCUT2D eigenvalue weighted by Crippen LogP contribution is 2.32. The molecule has 0 radical (unpaired) electrons. The molecular formula is C14H18BrN3O2. The number of benzene rings is 1. The summed E-state index contributed by atoms with van der Waals surface area (Å²) in [6.45, 7) is 6.03. The third-order valence-corrected chi connectivity index (χ3v) is 3.22. The van der Waals surface area contributed by atoms with Crippen LogP contribution in [0.15, 0.2) is 27.7 Å². The Hall–Kier alpha value is -1.56. The van der Waals surface area contributed by atoms with Crippen molar-refractivity contribution in [2.24, 2.45) is 4.99 Å². The molecule has 0 aromatic heterocycles. The zero-order valence-corrected chi connectivity index (χ0v) is 13.5. The van der Waals surface area contributed by atoms with Gasteiger partial charge in [-0.1, -0.05) is 15.9 Å². The lowest BCUT2D eigenvalue weighted by molar-refractivity contribution is -0.120. The van der Waals surface area contributed by atoms with E-state index in [4.69, 9.17) is 4.74 Å². The van der Waals surface area contributed by atoms with E-state index in [0.717, 1.165) is 10.0 Å². The molecule has 1 atom stereocenters. The summed E-state index contributed by atoms with van der Waals surface area (Å²) in [6, 6.07) is 4.95. The van der Waals surface area contributed by atoms with Crippen LogP contribution in [0.4, 0.5) is 0 Å². The Kier molecular flexibility index (Phi) is 4.04. The Morgan fingerprint density at radius 2 is 2.10 bits per heavy atom. The van der Waals surface area contributed by atoms with E-state index < -0.39 is 6.04 Å². The zero-order chi connectivity index (χ0) is 14.9. The van der Waals surface area contributed by atoms with Gasteiger partial charge in [-0.25, -0.2) is 4.99 Å². The van der Waals surface area contributed by atoms with E-state index in [9.17, 15) is 4.79 Å². The summed E-state index contributed by atoms with van der Waals surface area (Å²) in [5.41, 5.74) is 0.576. The lowest BCUT2D eigenvalue weighted by Crippen LogP contribution is -2.46. The van der Waals surface area contributed by atoms with Crippen molar-refractivity contribution < 1.29 is 9.53 Å². The minimum Gasteiger partial charge on any atom is -0.496 e. The number of methoxy groups -OCH3 is 1. The molecule has 0 spiro atoms. The summed E-state index contributed by atoms with van der Waals surface area (Å²) >= 11 is 3.41. The highest BCUT2D eigenvalue weighted by Gasteiger charge is 2.31. The summed E-state index contributed by atoms with van der Waals surface area (Å²) in [7, 11) is 1.58. The van der Waals surface area contributed by atoms with Crippen LogP contribution in [0, 0.1) is 0 Å². The summed E-state index contributed by atoms with van der Waals surface area (Å²) in [5.74, 6) is 0.983. The van der Waals surface area contributed by atoms with Gasteiger partial charge in [0.1, 0.15) is 5.75 Å². The van der Waals surface area contributed by atoms with Crippen LogP contribution in [-0.4, -0.2) is 24.5 Å². The predicted molar refractivity (Wildman–Crippen MR) is 81.9 cm³/mol. The molecule has 0 aliphatic carbocycles. The molecule has 2 rings (SSSR count). The van der Waals surface area contributed by atoms with Gasteiger partial charge in [-0.2, -0.15) is 0 Å². The van der Waals surface area contributed by atoms with E-state index in [1.165, 1.54) is 0 Å². The fraction of sp³-hybridized carbons (Fsp3) is 0.429. The van der Waals surface area contributed by atoms with Crippen molar-refractivity contribution in [1.82, 2.24) is 10.6 Å². The number of guanidine groups is 1. The van der Waals surface area contributed by atoms with E-state index in [1.54, 1.807) is 7.11 Å². The number of nitrogens with zero attached hydrogens (tertiary/aromatic N) is 1. The van der Waals surface area contributed by atoms with E-state index in [1.807, 2.05) is 39.0 Å². The van der Waals surface area contributed by atoms with Crippen LogP contribution < -0.4 is 15.4 Å². The van der Waals surface area contributed by atoms with Crippen molar-refractivity contribution in [2.75, 3.05) is 7.11 Å². The quantitative estimate of drug-likeness (QED) is 0.869. The Morgan fingerprint density at radius 1 is 1.40 bits per heavy atom. The third kappa shape index (κ3) is 3.30. The maximum Gasteiger partial charge on any atom is 0.256 e. The molecule has 1 heterocycles. The van der Waals surface area contributed by atoms with Gasteiger partial charge in [0, 0.05) is 15.6 Å². The minimum atomic E-state index is -0.590. The number of nitrogens with one attached hydrogen (secondary N) is 2. The molecule has 1 amide bonds. The molecule has 5 nitrogen and oxygen atoms in total. The molecule has 0 saturated heterocycles. The average molecular weight is 340 g/mol. The van der Waals surface area contributed by atoms with Gasteiger partial charge in [0.2, 0.25) is 0 Å². The fourth-order valence-corrected chi connectivity index (χ4v) is 2.33. The predicted octanol–water partition coefficient (Wildman–Crippen LogP) is 2.37. The van der Waals surface area contributed by atoms with Crippen molar-refractivity contribution in [1.29, 1.82) is 0 Å². The first-order valence-corrected chi connectivity index (χ1v) is 7.10. The van der Waals surface area contributed by atoms with Crippen LogP contribution in [0.5, 0.6) is 5.75 Å². The molecule has 2 N–H and O–H groups in total. The Bertz CT molecular complexity index is 564. The Morgan fingerprint density at radius 3 is 2.70 bits per heavy atom. The highest BCUT2D eigenvalue weighted by molar-refractivity contribution is 9.10. The first-order valence-electron chi connectivity index (χ1n) is 6.30. The van der Waals surface area contributed by atoms with Crippen LogP contribution in [0.2, 0.25) is 0 Å². The monoisotopic (exact) mass is 339 g/mol. The normalized spacial score (nSPS) is 18.6. The fourth-order valence-electron chi connectivity index (χ4n) is 1.95. The van der Waals surface area contributed by atoms with Gasteiger partial charge >= 0.3 is 0 Å². The van der Waals surface area contributed by atoms with Crippen molar-refractivity contribution in [3.8, 4) is 5.75 Å². The molecule has 1 aliphatic rings. The number of carbonyl (C=O) groups is 1. The number of carbonyl (C=O) groups excluding carboxylic acids is 1. The molecule has 1 unspecified atom stereocenters. The average Bonchev–Trinajstić information content (AvgIpc) is 2.67. The summed E-state index contributed by atoms with van der Waals surface area (Å²) < 4.78 is 6.19. The lowest BCUT2D eigenvalue weighted by Gasteiger charge is -2.21. The van der Waals surface area contributed by atoms with Crippen LogP contribution in [-0.2, 0) is 4.79 Å². The number of rotatable bonds is 2. The standard InChI is InChI=1S/C14H18BrN3O2/c1-14(2,3)18-13-16-11(12(19)17-13)9-7-8(15)5-6-10(9)20-4/h5-7,11H,1-4H3,(H2,16,17,18,19). The zero-order valence-electron chi connectivity index (χ0n) is 12.0. The largest absolute Gasteiger partial charge is 0.496 e. The lowest BCUT2D eigenvalue weighted by atomic mass is 10.1. The highest BCUT2D eigenvalue weighted by atomic mass is 79.9. The van der Waals surface area contributed by atoms with Crippen molar-refractivity contribution in [3.05, 3.63) is 28.2 Å². The minimum absolute atomic E-state index is 0.159. The number of aliphatic imine (C=N–C) groups is 1. The number of hydrogen-bond acceptors (Lipinski definition) is 4. The molecule has 108 valence electrons. The molecule has 1 aromatic rings. The molecule has 0 fully saturated rings. The second kappa shape index (κ2) is 5.44. The van der Waals surface area contributed by atoms with Gasteiger partial charge in [-0.05, 0) is 39.0 Å². The molecule has 6 heteroatoms. The molecule has 1 aromatic carbocycles. The number of ether oxygens (including phenoxy) is 1. The number of hydrogen-bond donors (Lipinski definition) is 2. The van der Waals surface area contributed by atoms with Crippen LogP contribution in [0.1, 0.15) is 32.4 Å². The van der Waals surface area contributed by atoms with E-state index in [0.29, 0.717) is 11.7 Å². The van der Waals surface area contributed by atoms with Gasteiger partial charge in [0.15, 0.2) is 12.0 Å².